The summed E-state index contributed by atoms with van der Waals surface area (Å²) in [6.45, 7) is 3.79. The van der Waals surface area contributed by atoms with Gasteiger partial charge in [0.1, 0.15) is 5.75 Å². The van der Waals surface area contributed by atoms with Crippen LogP contribution in [0.1, 0.15) is 43.6 Å². The third kappa shape index (κ3) is 5.31. The maximum atomic E-state index is 13.3. The normalized spacial score (nSPS) is 23.7. The van der Waals surface area contributed by atoms with Gasteiger partial charge in [0.15, 0.2) is 0 Å². The summed E-state index contributed by atoms with van der Waals surface area (Å²) in [6.07, 6.45) is 2.46. The fourth-order valence-electron chi connectivity index (χ4n) is 5.40. The number of fused-ring (bicyclic) bond motifs is 1. The molecule has 1 aliphatic carbocycles. The average Bonchev–Trinajstić information content (AvgIpc) is 3.42. The second-order valence-electron chi connectivity index (χ2n) is 9.45. The largest absolute Gasteiger partial charge is 0.507 e. The maximum Gasteiger partial charge on any atom is 0.234 e. The summed E-state index contributed by atoms with van der Waals surface area (Å²) in [7, 11) is 0. The van der Waals surface area contributed by atoms with Crippen LogP contribution in [0.15, 0.2) is 56.9 Å². The van der Waals surface area contributed by atoms with Crippen molar-refractivity contribution >= 4 is 45.2 Å². The van der Waals surface area contributed by atoms with Gasteiger partial charge in [-0.05, 0) is 68.3 Å². The molecule has 2 heterocycles. The molecule has 4 rings (SSSR count). The summed E-state index contributed by atoms with van der Waals surface area (Å²) in [6, 6.07) is 9.01. The number of hydrogen-bond donors (Lipinski definition) is 3. The molecule has 8 heteroatoms. The first-order valence-corrected chi connectivity index (χ1v) is 13.4. The number of carbonyl (C=O) groups excluding carboxylic acids is 2. The number of carbonyl (C=O) groups is 2. The van der Waals surface area contributed by atoms with Crippen LogP contribution >= 0.6 is 27.3 Å². The van der Waals surface area contributed by atoms with E-state index in [0.717, 1.165) is 20.5 Å². The molecule has 0 radical (unpaired) electrons. The molecule has 2 amide bonds. The molecule has 1 saturated heterocycles. The number of imide groups is 1. The number of benzene rings is 1. The van der Waals surface area contributed by atoms with Crippen molar-refractivity contribution < 1.29 is 24.9 Å². The first kappa shape index (κ1) is 25.8. The molecule has 1 aromatic heterocycles. The first-order chi connectivity index (χ1) is 16.7. The number of allylic oxidation sites excluding steroid dienone is 2. The van der Waals surface area contributed by atoms with Gasteiger partial charge in [-0.15, -0.1) is 11.3 Å². The number of thiophene rings is 1. The van der Waals surface area contributed by atoms with Gasteiger partial charge in [0.25, 0.3) is 0 Å². The minimum atomic E-state index is -0.832. The van der Waals surface area contributed by atoms with E-state index < -0.39 is 23.9 Å². The van der Waals surface area contributed by atoms with Gasteiger partial charge in [-0.3, -0.25) is 14.5 Å². The van der Waals surface area contributed by atoms with Crippen LogP contribution in [-0.4, -0.2) is 44.7 Å². The number of aromatic hydroxyl groups is 1. The average molecular weight is 561 g/mol. The molecular formula is C27H30BrNO5S. The van der Waals surface area contributed by atoms with E-state index in [0.29, 0.717) is 30.4 Å². The van der Waals surface area contributed by atoms with Gasteiger partial charge in [0.2, 0.25) is 11.8 Å². The Hall–Kier alpha value is -2.26. The Morgan fingerprint density at radius 1 is 1.29 bits per heavy atom. The summed E-state index contributed by atoms with van der Waals surface area (Å²) < 4.78 is 0.863. The van der Waals surface area contributed by atoms with Gasteiger partial charge in [-0.1, -0.05) is 39.2 Å². The van der Waals surface area contributed by atoms with Gasteiger partial charge in [0.05, 0.1) is 31.1 Å². The number of phenols is 1. The van der Waals surface area contributed by atoms with Crippen molar-refractivity contribution in [2.45, 2.75) is 45.8 Å². The Balaban J connectivity index is 1.49. The van der Waals surface area contributed by atoms with Gasteiger partial charge in [-0.2, -0.15) is 0 Å². The first-order valence-electron chi connectivity index (χ1n) is 11.7. The standard InChI is InChI=1S/C27H30BrNO5S/c1-15(10-17-12-18(28)6-8-22(17)31)5-7-23(32)24-16(2)11-20-25(21(24)14-30)27(34)29(26(20)33)13-19-4-3-9-35-19/h3-4,6,8-10,12,20-21,23,25,30-32H,5,7,11,13-14H2,1-2H3/b15-10+/t20-,21+,23-,25-/m1/s1. The van der Waals surface area contributed by atoms with Crippen molar-refractivity contribution in [1.82, 2.24) is 4.90 Å². The number of aliphatic hydroxyl groups is 2. The van der Waals surface area contributed by atoms with Crippen LogP contribution in [-0.2, 0) is 16.1 Å². The van der Waals surface area contributed by atoms with Gasteiger partial charge >= 0.3 is 0 Å². The maximum absolute atomic E-state index is 13.3. The van der Waals surface area contributed by atoms with E-state index in [9.17, 15) is 24.9 Å². The minimum Gasteiger partial charge on any atom is -0.507 e. The van der Waals surface area contributed by atoms with E-state index in [-0.39, 0.29) is 30.7 Å². The highest BCUT2D eigenvalue weighted by molar-refractivity contribution is 9.10. The predicted molar refractivity (Wildman–Crippen MR) is 139 cm³/mol. The molecule has 0 bridgehead atoms. The van der Waals surface area contributed by atoms with Gasteiger partial charge in [-0.25, -0.2) is 0 Å². The summed E-state index contributed by atoms with van der Waals surface area (Å²) >= 11 is 4.91. The highest BCUT2D eigenvalue weighted by atomic mass is 79.9. The van der Waals surface area contributed by atoms with Crippen LogP contribution in [0.5, 0.6) is 5.75 Å². The molecule has 0 unspecified atom stereocenters. The Kier molecular flexibility index (Phi) is 7.96. The quantitative estimate of drug-likeness (QED) is 0.316. The number of phenolic OH excluding ortho intramolecular Hbond substituents is 1. The molecule has 186 valence electrons. The van der Waals surface area contributed by atoms with Crippen LogP contribution in [0.3, 0.4) is 0 Å². The molecule has 0 saturated carbocycles. The Bertz CT molecular complexity index is 1170. The predicted octanol–water partition coefficient (Wildman–Crippen LogP) is 4.89. The Labute approximate surface area is 217 Å². The smallest absolute Gasteiger partial charge is 0.234 e. The minimum absolute atomic E-state index is 0.182. The zero-order valence-electron chi connectivity index (χ0n) is 19.8. The molecule has 3 N–H and O–H groups in total. The third-order valence-electron chi connectivity index (χ3n) is 7.07. The fourth-order valence-corrected chi connectivity index (χ4v) is 6.47. The SMILES string of the molecule is CC1=C([C@H](O)CC/C(C)=C/c2cc(Br)ccc2O)[C@H](CO)[C@@H]2C(=O)N(Cc3cccs3)C(=O)[C@@H]2C1. The van der Waals surface area contributed by atoms with Crippen molar-refractivity contribution in [3.63, 3.8) is 0 Å². The third-order valence-corrected chi connectivity index (χ3v) is 8.43. The van der Waals surface area contributed by atoms with Crippen LogP contribution in [0.2, 0.25) is 0 Å². The Morgan fingerprint density at radius 3 is 2.74 bits per heavy atom. The van der Waals surface area contributed by atoms with Crippen molar-refractivity contribution in [1.29, 1.82) is 0 Å². The van der Waals surface area contributed by atoms with Crippen LogP contribution < -0.4 is 0 Å². The summed E-state index contributed by atoms with van der Waals surface area (Å²) in [5.74, 6) is -1.97. The van der Waals surface area contributed by atoms with Crippen LogP contribution in [0.25, 0.3) is 6.08 Å². The number of amides is 2. The zero-order valence-corrected chi connectivity index (χ0v) is 22.2. The molecule has 0 spiro atoms. The van der Waals surface area contributed by atoms with Crippen molar-refractivity contribution in [2.75, 3.05) is 6.61 Å². The van der Waals surface area contributed by atoms with Crippen molar-refractivity contribution in [3.05, 3.63) is 67.3 Å². The monoisotopic (exact) mass is 559 g/mol. The lowest BCUT2D eigenvalue weighted by molar-refractivity contribution is -0.140. The van der Waals surface area contributed by atoms with Crippen molar-refractivity contribution in [2.24, 2.45) is 17.8 Å². The molecule has 2 aliphatic rings. The molecule has 2 aromatic rings. The van der Waals surface area contributed by atoms with E-state index in [1.807, 2.05) is 43.5 Å². The lowest BCUT2D eigenvalue weighted by atomic mass is 9.68. The molecule has 35 heavy (non-hydrogen) atoms. The number of hydrogen-bond acceptors (Lipinski definition) is 6. The summed E-state index contributed by atoms with van der Waals surface area (Å²) in [5.41, 5.74) is 3.24. The van der Waals surface area contributed by atoms with E-state index in [4.69, 9.17) is 0 Å². The highest BCUT2D eigenvalue weighted by Gasteiger charge is 2.54. The number of rotatable bonds is 8. The molecule has 1 aromatic carbocycles. The summed E-state index contributed by atoms with van der Waals surface area (Å²) in [4.78, 5) is 28.7. The van der Waals surface area contributed by atoms with Crippen molar-refractivity contribution in [3.8, 4) is 5.75 Å². The topological polar surface area (TPSA) is 98.1 Å². The van der Waals surface area contributed by atoms with E-state index >= 15 is 0 Å². The zero-order chi connectivity index (χ0) is 25.3. The highest BCUT2D eigenvalue weighted by Crippen LogP contribution is 2.46. The molecule has 6 nitrogen and oxygen atoms in total. The lowest BCUT2D eigenvalue weighted by Gasteiger charge is -2.35. The van der Waals surface area contributed by atoms with Crippen LogP contribution in [0, 0.1) is 17.8 Å². The van der Waals surface area contributed by atoms with E-state index in [2.05, 4.69) is 15.9 Å². The number of halogens is 1. The fraction of sp³-hybridized carbons (Fsp3) is 0.407. The molecule has 4 atom stereocenters. The van der Waals surface area contributed by atoms with Gasteiger partial charge < -0.3 is 15.3 Å². The molecule has 1 aliphatic heterocycles. The summed E-state index contributed by atoms with van der Waals surface area (Å²) in [5, 5.41) is 33.4. The molecule has 1 fully saturated rings. The second kappa shape index (κ2) is 10.8. The van der Waals surface area contributed by atoms with Gasteiger partial charge in [0, 0.05) is 20.8 Å². The lowest BCUT2D eigenvalue weighted by Crippen LogP contribution is -2.38. The Morgan fingerprint density at radius 2 is 2.06 bits per heavy atom. The van der Waals surface area contributed by atoms with E-state index in [1.165, 1.54) is 16.2 Å². The number of aliphatic hydroxyl groups excluding tert-OH is 2. The number of nitrogens with zero attached hydrogens (tertiary/aromatic N) is 1. The second-order valence-corrected chi connectivity index (χ2v) is 11.4. The molecular weight excluding hydrogens is 530 g/mol. The van der Waals surface area contributed by atoms with Crippen LogP contribution in [0.4, 0.5) is 0 Å². The van der Waals surface area contributed by atoms with E-state index in [1.54, 1.807) is 12.1 Å². The number of likely N-dealkylation sites (tertiary alicyclic amines) is 1.